The molecule has 7 heteroatoms. The Morgan fingerprint density at radius 1 is 1.42 bits per heavy atom. The van der Waals surface area contributed by atoms with E-state index in [4.69, 9.17) is 0 Å². The number of halogens is 3. The van der Waals surface area contributed by atoms with Crippen molar-refractivity contribution in [1.82, 2.24) is 9.80 Å². The van der Waals surface area contributed by atoms with Crippen LogP contribution in [0.3, 0.4) is 0 Å². The van der Waals surface area contributed by atoms with Crippen LogP contribution in [0.4, 0.5) is 17.7 Å². The predicted molar refractivity (Wildman–Crippen MR) is 38.7 cm³/mol. The maximum absolute atomic E-state index is 11.9. The molecule has 70 valence electrons. The Balaban J connectivity index is 2.50. The van der Waals surface area contributed by atoms with Gasteiger partial charge in [-0.25, -0.2) is 4.79 Å². The van der Waals surface area contributed by atoms with Crippen molar-refractivity contribution in [3.8, 4) is 0 Å². The Bertz CT molecular complexity index is 196. The Morgan fingerprint density at radius 3 is 2.33 bits per heavy atom. The lowest BCUT2D eigenvalue weighted by molar-refractivity contribution is 0.200. The first kappa shape index (κ1) is 9.21. The second kappa shape index (κ2) is 2.87. The highest BCUT2D eigenvalue weighted by atomic mass is 19.4. The topological polar surface area (TPSA) is 23.6 Å². The quantitative estimate of drug-likeness (QED) is 0.576. The van der Waals surface area contributed by atoms with Crippen molar-refractivity contribution >= 4 is 13.0 Å². The van der Waals surface area contributed by atoms with Crippen LogP contribution in [-0.4, -0.2) is 49.4 Å². The molecule has 0 N–H and O–H groups in total. The molecule has 0 aromatic carbocycles. The molecule has 12 heavy (non-hydrogen) atoms. The lowest BCUT2D eigenvalue weighted by atomic mass is 9.91. The number of hydrogen-bond donors (Lipinski definition) is 0. The van der Waals surface area contributed by atoms with Gasteiger partial charge in [0.05, 0.1) is 0 Å². The first-order chi connectivity index (χ1) is 5.40. The van der Waals surface area contributed by atoms with Crippen molar-refractivity contribution in [3.05, 3.63) is 0 Å². The number of rotatable bonds is 2. The maximum Gasteiger partial charge on any atom is 0.497 e. The lowest BCUT2D eigenvalue weighted by Gasteiger charge is -2.22. The van der Waals surface area contributed by atoms with Gasteiger partial charge >= 0.3 is 13.0 Å². The van der Waals surface area contributed by atoms with Crippen LogP contribution in [-0.2, 0) is 0 Å². The second-order valence-electron chi connectivity index (χ2n) is 2.86. The molecule has 1 heterocycles. The minimum Gasteiger partial charge on any atom is -0.448 e. The van der Waals surface area contributed by atoms with Gasteiger partial charge in [0, 0.05) is 20.1 Å². The first-order valence-electron chi connectivity index (χ1n) is 3.61. The molecule has 0 unspecified atom stereocenters. The summed E-state index contributed by atoms with van der Waals surface area (Å²) in [6.07, 6.45) is -1.08. The van der Waals surface area contributed by atoms with E-state index in [1.807, 2.05) is 0 Å². The third-order valence-electron chi connectivity index (χ3n) is 1.73. The van der Waals surface area contributed by atoms with Gasteiger partial charge in [0.1, 0.15) is 0 Å². The molecule has 1 aliphatic heterocycles. The molecule has 1 saturated heterocycles. The highest BCUT2D eigenvalue weighted by molar-refractivity contribution is 6.58. The summed E-state index contributed by atoms with van der Waals surface area (Å²) in [4.78, 5) is 13.0. The summed E-state index contributed by atoms with van der Waals surface area (Å²) in [7, 11) is 1.49. The fourth-order valence-corrected chi connectivity index (χ4v) is 1.12. The van der Waals surface area contributed by atoms with E-state index in [0.29, 0.717) is 6.54 Å². The van der Waals surface area contributed by atoms with E-state index >= 15 is 0 Å². The molecule has 0 radical (unpaired) electrons. The average molecular weight is 181 g/mol. The van der Waals surface area contributed by atoms with Crippen LogP contribution in [0.25, 0.3) is 0 Å². The third-order valence-corrected chi connectivity index (χ3v) is 1.73. The van der Waals surface area contributed by atoms with E-state index in [-0.39, 0.29) is 6.54 Å². The molecule has 0 aromatic heterocycles. The molecule has 3 nitrogen and oxygen atoms in total. The van der Waals surface area contributed by atoms with Crippen molar-refractivity contribution in [2.24, 2.45) is 0 Å². The van der Waals surface area contributed by atoms with Gasteiger partial charge in [0.25, 0.3) is 0 Å². The number of hydrogen-bond acceptors (Lipinski definition) is 1. The first-order valence-corrected chi connectivity index (χ1v) is 3.61. The summed E-state index contributed by atoms with van der Waals surface area (Å²) < 4.78 is 35.6. The molecule has 0 spiro atoms. The van der Waals surface area contributed by atoms with Crippen LogP contribution in [0.15, 0.2) is 0 Å². The summed E-state index contributed by atoms with van der Waals surface area (Å²) in [5, 5.41) is 0. The second-order valence-corrected chi connectivity index (χ2v) is 2.86. The van der Waals surface area contributed by atoms with E-state index in [2.05, 4.69) is 0 Å². The Kier molecular flexibility index (Phi) is 2.21. The number of likely N-dealkylation sites (N-methyl/N-ethyl adjacent to an activating group) is 1. The Labute approximate surface area is 68.2 Å². The van der Waals surface area contributed by atoms with E-state index in [0.717, 1.165) is 4.90 Å². The standard InChI is InChI=1S/C5H9BF3N2O/c1-10-2-3-11(5(10)12)4-6(7,8)9/h2-4H2,1H3/q-1. The van der Waals surface area contributed by atoms with Crippen molar-refractivity contribution in [2.75, 3.05) is 26.6 Å². The molecule has 2 amide bonds. The summed E-state index contributed by atoms with van der Waals surface area (Å²) >= 11 is 0. The highest BCUT2D eigenvalue weighted by Gasteiger charge is 2.33. The summed E-state index contributed by atoms with van der Waals surface area (Å²) in [5.41, 5.74) is 0. The predicted octanol–water partition coefficient (Wildman–Crippen LogP) is 0.740. The van der Waals surface area contributed by atoms with Crippen molar-refractivity contribution in [2.45, 2.75) is 0 Å². The summed E-state index contributed by atoms with van der Waals surface area (Å²) in [6.45, 7) is -4.33. The van der Waals surface area contributed by atoms with E-state index in [1.165, 1.54) is 11.9 Å². The van der Waals surface area contributed by atoms with Crippen LogP contribution in [0.1, 0.15) is 0 Å². The molecule has 1 aliphatic rings. The number of carbonyl (C=O) groups is 1. The average Bonchev–Trinajstić information content (AvgIpc) is 2.16. The van der Waals surface area contributed by atoms with Gasteiger partial charge in [0.2, 0.25) is 0 Å². The zero-order chi connectivity index (χ0) is 9.35. The van der Waals surface area contributed by atoms with E-state index in [1.54, 1.807) is 0 Å². The fourth-order valence-electron chi connectivity index (χ4n) is 1.12. The molecular formula is C5H9BF3N2O-. The van der Waals surface area contributed by atoms with Gasteiger partial charge in [-0.05, 0) is 6.44 Å². The van der Waals surface area contributed by atoms with Crippen LogP contribution in [0, 0.1) is 0 Å². The number of urea groups is 1. The molecule has 1 fully saturated rings. The van der Waals surface area contributed by atoms with Crippen LogP contribution < -0.4 is 0 Å². The highest BCUT2D eigenvalue weighted by Crippen LogP contribution is 2.14. The minimum absolute atomic E-state index is 0.177. The molecule has 1 rings (SSSR count). The van der Waals surface area contributed by atoms with E-state index < -0.39 is 19.5 Å². The molecule has 0 atom stereocenters. The van der Waals surface area contributed by atoms with Crippen molar-refractivity contribution in [3.63, 3.8) is 0 Å². The van der Waals surface area contributed by atoms with Gasteiger partial charge in [-0.15, -0.1) is 0 Å². The Morgan fingerprint density at radius 2 is 2.00 bits per heavy atom. The smallest absolute Gasteiger partial charge is 0.448 e. The van der Waals surface area contributed by atoms with Crippen LogP contribution >= 0.6 is 0 Å². The van der Waals surface area contributed by atoms with Crippen LogP contribution in [0.5, 0.6) is 0 Å². The molecule has 0 aliphatic carbocycles. The number of amides is 2. The summed E-state index contributed by atoms with van der Waals surface area (Å²) in [5.74, 6) is 0. The lowest BCUT2D eigenvalue weighted by Crippen LogP contribution is -2.40. The maximum atomic E-state index is 11.9. The van der Waals surface area contributed by atoms with E-state index in [9.17, 15) is 17.7 Å². The van der Waals surface area contributed by atoms with Crippen molar-refractivity contribution in [1.29, 1.82) is 0 Å². The van der Waals surface area contributed by atoms with Gasteiger partial charge in [-0.3, -0.25) is 0 Å². The van der Waals surface area contributed by atoms with Crippen molar-refractivity contribution < 1.29 is 17.7 Å². The summed E-state index contributed by atoms with van der Waals surface area (Å²) in [6, 6.07) is -0.533. The number of nitrogens with zero attached hydrogens (tertiary/aromatic N) is 2. The monoisotopic (exact) mass is 181 g/mol. The SMILES string of the molecule is CN1CCN(C[B-](F)(F)F)C1=O. The molecule has 0 bridgehead atoms. The fraction of sp³-hybridized carbons (Fsp3) is 0.800. The molecule has 0 aromatic rings. The minimum atomic E-state index is -4.89. The zero-order valence-electron chi connectivity index (χ0n) is 6.64. The molecular weight excluding hydrogens is 172 g/mol. The normalized spacial score (nSPS) is 19.2. The van der Waals surface area contributed by atoms with Gasteiger partial charge < -0.3 is 22.7 Å². The Hall–Kier alpha value is -0.875. The third kappa shape index (κ3) is 2.05. The van der Waals surface area contributed by atoms with Crippen LogP contribution in [0.2, 0.25) is 0 Å². The largest absolute Gasteiger partial charge is 0.497 e. The van der Waals surface area contributed by atoms with Gasteiger partial charge in [-0.1, -0.05) is 0 Å². The van der Waals surface area contributed by atoms with Gasteiger partial charge in [-0.2, -0.15) is 0 Å². The zero-order valence-corrected chi connectivity index (χ0v) is 6.64. The van der Waals surface area contributed by atoms with Gasteiger partial charge in [0.15, 0.2) is 0 Å². The molecule has 0 saturated carbocycles. The number of carbonyl (C=O) groups excluding carboxylic acids is 1.